The Morgan fingerprint density at radius 1 is 0.880 bits per heavy atom. The molecule has 0 fully saturated rings. The maximum absolute atomic E-state index is 12.7. The lowest BCUT2D eigenvalue weighted by Gasteiger charge is -2.33. The summed E-state index contributed by atoms with van der Waals surface area (Å²) in [7, 11) is 1.02. The van der Waals surface area contributed by atoms with E-state index in [1.807, 2.05) is 0 Å². The van der Waals surface area contributed by atoms with Crippen molar-refractivity contribution in [1.82, 2.24) is 0 Å². The zero-order valence-electron chi connectivity index (χ0n) is 12.6. The summed E-state index contributed by atoms with van der Waals surface area (Å²) in [4.78, 5) is 0. The van der Waals surface area contributed by atoms with Crippen LogP contribution in [-0.2, 0) is 11.3 Å². The smallest absolute Gasteiger partial charge is 0.496 e. The molecule has 1 aromatic rings. The number of ether oxygens (including phenoxy) is 3. The van der Waals surface area contributed by atoms with Gasteiger partial charge in [-0.05, 0) is 25.1 Å². The van der Waals surface area contributed by atoms with Gasteiger partial charge in [0.1, 0.15) is 11.5 Å². The fourth-order valence-corrected chi connectivity index (χ4v) is 1.61. The van der Waals surface area contributed by atoms with Crippen LogP contribution in [0.1, 0.15) is 12.5 Å². The first-order valence-electron chi connectivity index (χ1n) is 6.31. The summed E-state index contributed by atoms with van der Waals surface area (Å²) in [5, 5.41) is 0. The largest absolute Gasteiger partial charge is 0.573 e. The molecular weight excluding hydrogens is 375 g/mol. The Morgan fingerprint density at radius 2 is 1.40 bits per heavy atom. The molecule has 0 amide bonds. The Morgan fingerprint density at radius 3 is 1.80 bits per heavy atom. The second kappa shape index (κ2) is 6.81. The van der Waals surface area contributed by atoms with Gasteiger partial charge in [-0.2, -0.15) is 26.3 Å². The molecule has 0 spiro atoms. The van der Waals surface area contributed by atoms with Crippen molar-refractivity contribution in [1.29, 1.82) is 0 Å². The fourth-order valence-electron chi connectivity index (χ4n) is 1.61. The number of methoxy groups -OCH3 is 1. The SMILES string of the molecule is COc1ccc(OC(F)(F)F)cc1COC(C)(C(F)(F)F)C(F)(F)F. The van der Waals surface area contributed by atoms with Crippen molar-refractivity contribution in [2.45, 2.75) is 37.8 Å². The van der Waals surface area contributed by atoms with Crippen LogP contribution in [0.15, 0.2) is 18.2 Å². The van der Waals surface area contributed by atoms with Gasteiger partial charge in [0.15, 0.2) is 0 Å². The average Bonchev–Trinajstić information content (AvgIpc) is 2.40. The highest BCUT2D eigenvalue weighted by molar-refractivity contribution is 5.40. The third-order valence-electron chi connectivity index (χ3n) is 3.08. The van der Waals surface area contributed by atoms with E-state index in [1.165, 1.54) is 0 Å². The van der Waals surface area contributed by atoms with E-state index >= 15 is 0 Å². The van der Waals surface area contributed by atoms with Gasteiger partial charge in [-0.1, -0.05) is 0 Å². The molecule has 0 N–H and O–H groups in total. The zero-order chi connectivity index (χ0) is 19.7. The quantitative estimate of drug-likeness (QED) is 0.667. The van der Waals surface area contributed by atoms with E-state index in [2.05, 4.69) is 14.2 Å². The summed E-state index contributed by atoms with van der Waals surface area (Å²) in [6.45, 7) is -1.55. The minimum atomic E-state index is -5.81. The minimum absolute atomic E-state index is 0.227. The molecule has 1 rings (SSSR count). The lowest BCUT2D eigenvalue weighted by Crippen LogP contribution is -2.56. The standard InChI is InChI=1S/C13H11F9O3/c1-10(11(14,15)16,12(17,18)19)24-6-7-5-8(25-13(20,21)22)3-4-9(7)23-2/h3-5H,6H2,1-2H3. The van der Waals surface area contributed by atoms with Gasteiger partial charge in [0, 0.05) is 5.56 Å². The highest BCUT2D eigenvalue weighted by Crippen LogP contribution is 2.46. The Kier molecular flexibility index (Phi) is 5.77. The van der Waals surface area contributed by atoms with E-state index in [4.69, 9.17) is 0 Å². The van der Waals surface area contributed by atoms with E-state index in [0.29, 0.717) is 6.07 Å². The van der Waals surface area contributed by atoms with E-state index in [0.717, 1.165) is 19.2 Å². The molecule has 0 aliphatic heterocycles. The molecule has 25 heavy (non-hydrogen) atoms. The Hall–Kier alpha value is -1.85. The van der Waals surface area contributed by atoms with Gasteiger partial charge in [-0.15, -0.1) is 13.2 Å². The number of benzene rings is 1. The second-order valence-electron chi connectivity index (χ2n) is 4.84. The van der Waals surface area contributed by atoms with Crippen molar-refractivity contribution in [2.75, 3.05) is 7.11 Å². The van der Waals surface area contributed by atoms with Crippen molar-refractivity contribution in [2.24, 2.45) is 0 Å². The van der Waals surface area contributed by atoms with Crippen molar-refractivity contribution in [3.63, 3.8) is 0 Å². The molecule has 0 heterocycles. The van der Waals surface area contributed by atoms with Gasteiger partial charge in [0.05, 0.1) is 13.7 Å². The molecule has 3 nitrogen and oxygen atoms in total. The van der Waals surface area contributed by atoms with Crippen molar-refractivity contribution in [3.05, 3.63) is 23.8 Å². The monoisotopic (exact) mass is 386 g/mol. The number of rotatable bonds is 5. The second-order valence-corrected chi connectivity index (χ2v) is 4.84. The van der Waals surface area contributed by atoms with Crippen LogP contribution < -0.4 is 9.47 Å². The molecule has 12 heteroatoms. The molecule has 0 bridgehead atoms. The third kappa shape index (κ3) is 5.06. The Balaban J connectivity index is 3.14. The van der Waals surface area contributed by atoms with Gasteiger partial charge in [0.25, 0.3) is 5.60 Å². The topological polar surface area (TPSA) is 27.7 Å². The van der Waals surface area contributed by atoms with Crippen molar-refractivity contribution < 1.29 is 53.7 Å². The highest BCUT2D eigenvalue weighted by atomic mass is 19.4. The van der Waals surface area contributed by atoms with Crippen molar-refractivity contribution >= 4 is 0 Å². The number of hydrogen-bond donors (Lipinski definition) is 0. The van der Waals surface area contributed by atoms with E-state index in [9.17, 15) is 39.5 Å². The van der Waals surface area contributed by atoms with Gasteiger partial charge < -0.3 is 14.2 Å². The van der Waals surface area contributed by atoms with Gasteiger partial charge in [0.2, 0.25) is 0 Å². The molecule has 0 unspecified atom stereocenters. The van der Waals surface area contributed by atoms with Crippen molar-refractivity contribution in [3.8, 4) is 11.5 Å². The van der Waals surface area contributed by atoms with E-state index in [1.54, 1.807) is 0 Å². The van der Waals surface area contributed by atoms with Crippen LogP contribution in [0.3, 0.4) is 0 Å². The van der Waals surface area contributed by atoms with Crippen LogP contribution >= 0.6 is 0 Å². The summed E-state index contributed by atoms with van der Waals surface area (Å²) >= 11 is 0. The molecule has 0 aromatic heterocycles. The fraction of sp³-hybridized carbons (Fsp3) is 0.538. The van der Waals surface area contributed by atoms with Crippen LogP contribution in [0, 0.1) is 0 Å². The average molecular weight is 386 g/mol. The molecule has 0 aliphatic carbocycles. The molecule has 144 valence electrons. The number of halogens is 9. The summed E-state index contributed by atoms with van der Waals surface area (Å²) in [5.74, 6) is -1.13. The number of hydrogen-bond acceptors (Lipinski definition) is 3. The highest BCUT2D eigenvalue weighted by Gasteiger charge is 2.69. The zero-order valence-corrected chi connectivity index (χ0v) is 12.6. The molecule has 1 aromatic carbocycles. The maximum Gasteiger partial charge on any atom is 0.573 e. The molecule has 0 atom stereocenters. The van der Waals surface area contributed by atoms with Gasteiger partial charge in [-0.3, -0.25) is 0 Å². The molecule has 0 radical (unpaired) electrons. The lowest BCUT2D eigenvalue weighted by atomic mass is 10.1. The van der Waals surface area contributed by atoms with Crippen LogP contribution in [0.4, 0.5) is 39.5 Å². The first-order valence-corrected chi connectivity index (χ1v) is 6.31. The van der Waals surface area contributed by atoms with Crippen LogP contribution in [-0.4, -0.2) is 31.4 Å². The molecule has 0 saturated heterocycles. The Bertz CT molecular complexity index is 576. The van der Waals surface area contributed by atoms with Crippen LogP contribution in [0.2, 0.25) is 0 Å². The molecule has 0 saturated carbocycles. The minimum Gasteiger partial charge on any atom is -0.496 e. The first-order chi connectivity index (χ1) is 11.1. The van der Waals surface area contributed by atoms with E-state index < -0.39 is 42.2 Å². The maximum atomic E-state index is 12.7. The Labute approximate surface area is 135 Å². The van der Waals surface area contributed by atoms with Gasteiger partial charge in [-0.25, -0.2) is 0 Å². The van der Waals surface area contributed by atoms with E-state index in [-0.39, 0.29) is 12.7 Å². The van der Waals surface area contributed by atoms with Crippen LogP contribution in [0.25, 0.3) is 0 Å². The van der Waals surface area contributed by atoms with Crippen LogP contribution in [0.5, 0.6) is 11.5 Å². The first kappa shape index (κ1) is 21.2. The normalized spacial score (nSPS) is 13.7. The predicted molar refractivity (Wildman–Crippen MR) is 65.0 cm³/mol. The lowest BCUT2D eigenvalue weighted by molar-refractivity contribution is -0.377. The summed E-state index contributed by atoms with van der Waals surface area (Å²) in [5.41, 5.74) is -5.02. The summed E-state index contributed by atoms with van der Waals surface area (Å²) in [6.07, 6.45) is -16.7. The molecular formula is C13H11F9O3. The number of alkyl halides is 9. The molecule has 0 aliphatic rings. The van der Waals surface area contributed by atoms with Gasteiger partial charge >= 0.3 is 18.7 Å². The predicted octanol–water partition coefficient (Wildman–Crippen LogP) is 4.99. The summed E-state index contributed by atoms with van der Waals surface area (Å²) < 4.78 is 125. The third-order valence-corrected chi connectivity index (χ3v) is 3.08. The summed E-state index contributed by atoms with van der Waals surface area (Å²) in [6, 6.07) is 2.24.